The Kier molecular flexibility index (Phi) is 10.5. The second kappa shape index (κ2) is 12.6. The first kappa shape index (κ1) is 25.1. The molecule has 0 saturated heterocycles. The zero-order valence-electron chi connectivity index (χ0n) is 17.1. The lowest BCUT2D eigenvalue weighted by Crippen LogP contribution is -2.54. The summed E-state index contributed by atoms with van der Waals surface area (Å²) >= 11 is 0. The zero-order chi connectivity index (χ0) is 22.7. The molecule has 1 aromatic carbocycles. The molecule has 0 aliphatic heterocycles. The number of hydrogen-bond acceptors (Lipinski definition) is 6. The second-order valence-corrected chi connectivity index (χ2v) is 7.35. The summed E-state index contributed by atoms with van der Waals surface area (Å²) in [7, 11) is 0. The first-order valence-electron chi connectivity index (χ1n) is 9.64. The van der Waals surface area contributed by atoms with Crippen molar-refractivity contribution in [3.05, 3.63) is 35.9 Å². The third-order valence-electron chi connectivity index (χ3n) is 4.21. The zero-order valence-corrected chi connectivity index (χ0v) is 17.1. The van der Waals surface area contributed by atoms with Crippen molar-refractivity contribution in [1.29, 1.82) is 0 Å². The van der Waals surface area contributed by atoms with Crippen LogP contribution in [0.2, 0.25) is 0 Å². The van der Waals surface area contributed by atoms with Crippen molar-refractivity contribution in [2.75, 3.05) is 13.2 Å². The van der Waals surface area contributed by atoms with Gasteiger partial charge in [0.2, 0.25) is 17.7 Å². The Labute approximate surface area is 175 Å². The highest BCUT2D eigenvalue weighted by atomic mass is 16.4. The van der Waals surface area contributed by atoms with E-state index in [4.69, 9.17) is 10.8 Å². The highest BCUT2D eigenvalue weighted by Gasteiger charge is 2.27. The third-order valence-corrected chi connectivity index (χ3v) is 4.21. The summed E-state index contributed by atoms with van der Waals surface area (Å²) in [6.07, 6.45) is 0.374. The monoisotopic (exact) mass is 422 g/mol. The molecule has 0 spiro atoms. The number of carboxylic acid groups (broad SMARTS) is 1. The van der Waals surface area contributed by atoms with E-state index in [9.17, 15) is 24.3 Å². The number of carbonyl (C=O) groups is 4. The summed E-state index contributed by atoms with van der Waals surface area (Å²) in [5.41, 5.74) is 6.13. The molecule has 1 aromatic rings. The summed E-state index contributed by atoms with van der Waals surface area (Å²) in [6, 6.07) is 5.62. The third kappa shape index (κ3) is 9.01. The summed E-state index contributed by atoms with van der Waals surface area (Å²) in [5, 5.41) is 25.5. The Morgan fingerprint density at radius 3 is 2.17 bits per heavy atom. The van der Waals surface area contributed by atoms with Gasteiger partial charge in [-0.15, -0.1) is 0 Å². The van der Waals surface area contributed by atoms with Gasteiger partial charge in [-0.1, -0.05) is 44.2 Å². The van der Waals surface area contributed by atoms with Crippen LogP contribution in [0.15, 0.2) is 30.3 Å². The molecule has 0 heterocycles. The summed E-state index contributed by atoms with van der Waals surface area (Å²) in [4.78, 5) is 48.0. The van der Waals surface area contributed by atoms with E-state index in [1.165, 1.54) is 0 Å². The molecule has 166 valence electrons. The fourth-order valence-corrected chi connectivity index (χ4v) is 2.65. The molecule has 0 bridgehead atoms. The molecule has 10 nitrogen and oxygen atoms in total. The van der Waals surface area contributed by atoms with Gasteiger partial charge in [-0.3, -0.25) is 14.4 Å². The fourth-order valence-electron chi connectivity index (χ4n) is 2.65. The van der Waals surface area contributed by atoms with Crippen LogP contribution >= 0.6 is 0 Å². The largest absolute Gasteiger partial charge is 0.480 e. The van der Waals surface area contributed by atoms with Gasteiger partial charge in [0.25, 0.3) is 0 Å². The molecule has 10 heteroatoms. The van der Waals surface area contributed by atoms with Gasteiger partial charge < -0.3 is 31.9 Å². The van der Waals surface area contributed by atoms with Gasteiger partial charge in [0.15, 0.2) is 0 Å². The minimum Gasteiger partial charge on any atom is -0.480 e. The van der Waals surface area contributed by atoms with Gasteiger partial charge in [0.05, 0.1) is 13.2 Å². The Bertz CT molecular complexity index is 725. The summed E-state index contributed by atoms with van der Waals surface area (Å²) < 4.78 is 0. The van der Waals surface area contributed by atoms with Gasteiger partial charge in [-0.25, -0.2) is 4.79 Å². The molecule has 7 N–H and O–H groups in total. The van der Waals surface area contributed by atoms with E-state index >= 15 is 0 Å². The van der Waals surface area contributed by atoms with E-state index in [1.54, 1.807) is 30.3 Å². The Hall–Kier alpha value is -2.98. The Balaban J connectivity index is 2.85. The summed E-state index contributed by atoms with van der Waals surface area (Å²) in [5.74, 6) is -3.12. The van der Waals surface area contributed by atoms with Gasteiger partial charge >= 0.3 is 5.97 Å². The maximum Gasteiger partial charge on any atom is 0.326 e. The number of benzene rings is 1. The van der Waals surface area contributed by atoms with E-state index < -0.39 is 55.0 Å². The van der Waals surface area contributed by atoms with Gasteiger partial charge in [0.1, 0.15) is 18.1 Å². The smallest absolute Gasteiger partial charge is 0.326 e. The van der Waals surface area contributed by atoms with Crippen LogP contribution < -0.4 is 21.7 Å². The molecule has 0 aromatic heterocycles. The Morgan fingerprint density at radius 1 is 1.00 bits per heavy atom. The molecular formula is C20H30N4O6. The minimum absolute atomic E-state index is 0.0412. The number of amides is 3. The van der Waals surface area contributed by atoms with Gasteiger partial charge in [-0.05, 0) is 17.9 Å². The van der Waals surface area contributed by atoms with Crippen molar-refractivity contribution < 1.29 is 29.4 Å². The van der Waals surface area contributed by atoms with Crippen LogP contribution in [0, 0.1) is 5.92 Å². The number of nitrogens with one attached hydrogen (secondary N) is 3. The molecule has 3 unspecified atom stereocenters. The van der Waals surface area contributed by atoms with Crippen LogP contribution in [-0.2, 0) is 25.6 Å². The maximum absolute atomic E-state index is 12.7. The number of hydrogen-bond donors (Lipinski definition) is 6. The topological polar surface area (TPSA) is 171 Å². The molecule has 3 atom stereocenters. The van der Waals surface area contributed by atoms with Crippen LogP contribution in [0.1, 0.15) is 25.8 Å². The van der Waals surface area contributed by atoms with Crippen LogP contribution in [0.3, 0.4) is 0 Å². The molecule has 0 aliphatic carbocycles. The molecular weight excluding hydrogens is 392 g/mol. The SMILES string of the molecule is CC(C)CC(NC(=O)C(Cc1ccccc1)NC(=O)CNC(=O)C(N)CO)C(=O)O. The van der Waals surface area contributed by atoms with Crippen molar-refractivity contribution in [2.24, 2.45) is 11.7 Å². The Morgan fingerprint density at radius 2 is 1.63 bits per heavy atom. The van der Waals surface area contributed by atoms with Crippen molar-refractivity contribution in [3.8, 4) is 0 Å². The van der Waals surface area contributed by atoms with Crippen LogP contribution in [-0.4, -0.2) is 65.2 Å². The van der Waals surface area contributed by atoms with Gasteiger partial charge in [-0.2, -0.15) is 0 Å². The first-order chi connectivity index (χ1) is 14.1. The molecule has 0 fully saturated rings. The van der Waals surface area contributed by atoms with Crippen LogP contribution in [0.5, 0.6) is 0 Å². The average Bonchev–Trinajstić information content (AvgIpc) is 2.70. The van der Waals surface area contributed by atoms with E-state index in [1.807, 2.05) is 13.8 Å². The van der Waals surface area contributed by atoms with E-state index in [0.29, 0.717) is 0 Å². The quantitative estimate of drug-likeness (QED) is 0.245. The average molecular weight is 422 g/mol. The first-order valence-corrected chi connectivity index (χ1v) is 9.64. The van der Waals surface area contributed by atoms with E-state index in [0.717, 1.165) is 5.56 Å². The lowest BCUT2D eigenvalue weighted by molar-refractivity contribution is -0.142. The lowest BCUT2D eigenvalue weighted by atomic mass is 10.0. The number of aliphatic carboxylic acids is 1. The van der Waals surface area contributed by atoms with Crippen LogP contribution in [0.25, 0.3) is 0 Å². The lowest BCUT2D eigenvalue weighted by Gasteiger charge is -2.22. The summed E-state index contributed by atoms with van der Waals surface area (Å²) in [6.45, 7) is 2.66. The van der Waals surface area contributed by atoms with E-state index in [2.05, 4.69) is 16.0 Å². The van der Waals surface area contributed by atoms with E-state index in [-0.39, 0.29) is 18.8 Å². The highest BCUT2D eigenvalue weighted by Crippen LogP contribution is 2.08. The molecule has 0 radical (unpaired) electrons. The second-order valence-electron chi connectivity index (χ2n) is 7.35. The van der Waals surface area contributed by atoms with Crippen molar-refractivity contribution in [3.63, 3.8) is 0 Å². The predicted molar refractivity (Wildman–Crippen MR) is 109 cm³/mol. The number of aliphatic hydroxyl groups excluding tert-OH is 1. The van der Waals surface area contributed by atoms with Gasteiger partial charge in [0, 0.05) is 6.42 Å². The number of carbonyl (C=O) groups excluding carboxylic acids is 3. The molecule has 0 aliphatic rings. The van der Waals surface area contributed by atoms with Crippen molar-refractivity contribution in [2.45, 2.75) is 44.8 Å². The molecule has 1 rings (SSSR count). The number of carboxylic acids is 1. The fraction of sp³-hybridized carbons (Fsp3) is 0.500. The van der Waals surface area contributed by atoms with Crippen molar-refractivity contribution >= 4 is 23.7 Å². The normalized spacial score (nSPS) is 13.8. The number of aliphatic hydroxyl groups is 1. The molecule has 0 saturated carbocycles. The molecule has 30 heavy (non-hydrogen) atoms. The predicted octanol–water partition coefficient (Wildman–Crippen LogP) is -1.23. The highest BCUT2D eigenvalue weighted by molar-refractivity contribution is 5.92. The van der Waals surface area contributed by atoms with Crippen LogP contribution in [0.4, 0.5) is 0 Å². The molecule has 3 amide bonds. The maximum atomic E-state index is 12.7. The number of rotatable bonds is 12. The minimum atomic E-state index is -1.16. The standard InChI is InChI=1S/C20H30N4O6/c1-12(2)8-16(20(29)30)24-19(28)15(9-13-6-4-3-5-7-13)23-17(26)10-22-18(27)14(21)11-25/h3-7,12,14-16,25H,8-11,21H2,1-2H3,(H,22,27)(H,23,26)(H,24,28)(H,29,30). The number of nitrogens with two attached hydrogens (primary N) is 1. The van der Waals surface area contributed by atoms with Crippen molar-refractivity contribution in [1.82, 2.24) is 16.0 Å².